The largest absolute Gasteiger partial charge is 0.471 e. The summed E-state index contributed by atoms with van der Waals surface area (Å²) in [6, 6.07) is -0.774. The van der Waals surface area contributed by atoms with Gasteiger partial charge in [-0.1, -0.05) is 0 Å². The van der Waals surface area contributed by atoms with E-state index in [9.17, 15) is 22.8 Å². The first-order chi connectivity index (χ1) is 9.20. The van der Waals surface area contributed by atoms with E-state index >= 15 is 0 Å². The van der Waals surface area contributed by atoms with E-state index in [1.807, 2.05) is 0 Å². The quantitative estimate of drug-likeness (QED) is 0.797. The molecule has 4 fully saturated rings. The molecular weight excluding hydrogens is 273 g/mol. The van der Waals surface area contributed by atoms with Gasteiger partial charge in [0.05, 0.1) is 0 Å². The van der Waals surface area contributed by atoms with Crippen LogP contribution in [0.4, 0.5) is 13.2 Å². The maximum atomic E-state index is 12.7. The van der Waals surface area contributed by atoms with Crippen LogP contribution in [0.5, 0.6) is 0 Å². The Morgan fingerprint density at radius 3 is 2.15 bits per heavy atom. The van der Waals surface area contributed by atoms with Crippen molar-refractivity contribution in [3.63, 3.8) is 0 Å². The lowest BCUT2D eigenvalue weighted by atomic mass is 9.59. The van der Waals surface area contributed by atoms with Crippen LogP contribution in [-0.4, -0.2) is 40.5 Å². The molecule has 4 rings (SSSR count). The maximum Gasteiger partial charge on any atom is 0.471 e. The Bertz CT molecular complexity index is 447. The molecule has 2 heterocycles. The number of halogens is 3. The van der Waals surface area contributed by atoms with Crippen molar-refractivity contribution >= 4 is 11.8 Å². The van der Waals surface area contributed by atoms with E-state index in [0.717, 1.165) is 11.3 Å². The number of nitrogens with one attached hydrogen (secondary N) is 1. The number of amides is 2. The SMILES string of the molecule is CC(=O)NC12CC3CC(C1)N(C(=O)C(F)(F)F)C(C3)C2. The summed E-state index contributed by atoms with van der Waals surface area (Å²) in [5.41, 5.74) is -0.398. The van der Waals surface area contributed by atoms with Crippen LogP contribution in [0.25, 0.3) is 0 Å². The molecule has 2 atom stereocenters. The minimum Gasteiger partial charge on any atom is -0.351 e. The molecule has 2 aliphatic heterocycles. The van der Waals surface area contributed by atoms with E-state index in [1.54, 1.807) is 0 Å². The molecule has 2 aliphatic carbocycles. The minimum absolute atomic E-state index is 0.152. The Morgan fingerprint density at radius 1 is 1.15 bits per heavy atom. The second-order valence-corrected chi connectivity index (χ2v) is 6.43. The van der Waals surface area contributed by atoms with E-state index in [4.69, 9.17) is 0 Å². The van der Waals surface area contributed by atoms with Gasteiger partial charge in [0.2, 0.25) is 5.91 Å². The van der Waals surface area contributed by atoms with E-state index in [0.29, 0.717) is 31.6 Å². The summed E-state index contributed by atoms with van der Waals surface area (Å²) in [4.78, 5) is 24.0. The van der Waals surface area contributed by atoms with Crippen molar-refractivity contribution in [3.05, 3.63) is 0 Å². The first kappa shape index (κ1) is 13.7. The zero-order valence-corrected chi connectivity index (χ0v) is 11.2. The third-order valence-electron chi connectivity index (χ3n) is 4.85. The summed E-state index contributed by atoms with van der Waals surface area (Å²) in [6.45, 7) is 1.43. The highest BCUT2D eigenvalue weighted by molar-refractivity contribution is 5.83. The smallest absolute Gasteiger partial charge is 0.351 e. The van der Waals surface area contributed by atoms with Crippen LogP contribution in [0.1, 0.15) is 39.0 Å². The first-order valence-corrected chi connectivity index (χ1v) is 6.88. The number of alkyl halides is 3. The molecule has 7 heteroatoms. The van der Waals surface area contributed by atoms with E-state index in [-0.39, 0.29) is 18.0 Å². The zero-order valence-electron chi connectivity index (χ0n) is 11.2. The molecule has 0 aromatic rings. The molecule has 2 unspecified atom stereocenters. The predicted octanol–water partition coefficient (Wildman–Crippen LogP) is 1.60. The Morgan fingerprint density at radius 2 is 1.70 bits per heavy atom. The van der Waals surface area contributed by atoms with Crippen molar-refractivity contribution in [1.82, 2.24) is 10.2 Å². The van der Waals surface area contributed by atoms with Gasteiger partial charge in [-0.25, -0.2) is 0 Å². The molecule has 2 amide bonds. The van der Waals surface area contributed by atoms with Crippen LogP contribution in [0, 0.1) is 5.92 Å². The van der Waals surface area contributed by atoms with E-state index < -0.39 is 17.6 Å². The molecule has 2 saturated carbocycles. The number of carbonyl (C=O) groups excluding carboxylic acids is 2. The fourth-order valence-corrected chi connectivity index (χ4v) is 4.63. The summed E-state index contributed by atoms with van der Waals surface area (Å²) < 4.78 is 38.1. The molecule has 0 aromatic heterocycles. The second-order valence-electron chi connectivity index (χ2n) is 6.43. The molecule has 20 heavy (non-hydrogen) atoms. The second kappa shape index (κ2) is 4.11. The van der Waals surface area contributed by atoms with Gasteiger partial charge in [0.1, 0.15) is 0 Å². The number of carbonyl (C=O) groups is 2. The highest BCUT2D eigenvalue weighted by Crippen LogP contribution is 2.52. The average Bonchev–Trinajstić information content (AvgIpc) is 2.23. The number of nitrogens with zero attached hydrogens (tertiary/aromatic N) is 1. The van der Waals surface area contributed by atoms with Gasteiger partial charge in [0, 0.05) is 24.5 Å². The van der Waals surface area contributed by atoms with Crippen LogP contribution >= 0.6 is 0 Å². The molecule has 2 saturated heterocycles. The van der Waals surface area contributed by atoms with Crippen LogP contribution in [0.15, 0.2) is 0 Å². The van der Waals surface area contributed by atoms with Gasteiger partial charge < -0.3 is 10.2 Å². The fraction of sp³-hybridized carbons (Fsp3) is 0.846. The number of piperidine rings is 2. The van der Waals surface area contributed by atoms with Crippen molar-refractivity contribution in [2.45, 2.75) is 62.8 Å². The van der Waals surface area contributed by atoms with Crippen LogP contribution in [-0.2, 0) is 9.59 Å². The molecule has 112 valence electrons. The number of hydrogen-bond donors (Lipinski definition) is 1. The lowest BCUT2D eigenvalue weighted by Crippen LogP contribution is -2.71. The summed E-state index contributed by atoms with van der Waals surface area (Å²) in [5.74, 6) is -1.55. The summed E-state index contributed by atoms with van der Waals surface area (Å²) in [5, 5.41) is 2.93. The molecule has 4 bridgehead atoms. The van der Waals surface area contributed by atoms with Gasteiger partial charge >= 0.3 is 12.1 Å². The van der Waals surface area contributed by atoms with Crippen molar-refractivity contribution < 1.29 is 22.8 Å². The van der Waals surface area contributed by atoms with Crippen LogP contribution < -0.4 is 5.32 Å². The number of hydrogen-bond acceptors (Lipinski definition) is 2. The van der Waals surface area contributed by atoms with Gasteiger partial charge in [-0.2, -0.15) is 13.2 Å². The molecule has 4 nitrogen and oxygen atoms in total. The van der Waals surface area contributed by atoms with Gasteiger partial charge in [-0.05, 0) is 38.0 Å². The molecule has 0 aromatic carbocycles. The third kappa shape index (κ3) is 2.07. The van der Waals surface area contributed by atoms with Gasteiger partial charge in [-0.3, -0.25) is 9.59 Å². The number of rotatable bonds is 1. The zero-order chi connectivity index (χ0) is 14.7. The average molecular weight is 290 g/mol. The Balaban J connectivity index is 1.85. The normalized spacial score (nSPS) is 39.0. The predicted molar refractivity (Wildman–Crippen MR) is 63.6 cm³/mol. The summed E-state index contributed by atoms with van der Waals surface area (Å²) in [7, 11) is 0. The van der Waals surface area contributed by atoms with E-state index in [1.165, 1.54) is 6.92 Å². The molecule has 4 aliphatic rings. The lowest BCUT2D eigenvalue weighted by molar-refractivity contribution is -0.202. The Labute approximate surface area is 114 Å². The van der Waals surface area contributed by atoms with Crippen LogP contribution in [0.3, 0.4) is 0 Å². The minimum atomic E-state index is -4.81. The molecule has 1 N–H and O–H groups in total. The maximum absolute atomic E-state index is 12.7. The lowest BCUT2D eigenvalue weighted by Gasteiger charge is -2.61. The van der Waals surface area contributed by atoms with Gasteiger partial charge in [0.15, 0.2) is 0 Å². The fourth-order valence-electron chi connectivity index (χ4n) is 4.63. The topological polar surface area (TPSA) is 49.4 Å². The Hall–Kier alpha value is -1.27. The summed E-state index contributed by atoms with van der Waals surface area (Å²) >= 11 is 0. The van der Waals surface area contributed by atoms with Gasteiger partial charge in [-0.15, -0.1) is 0 Å². The molecular formula is C13H17F3N2O2. The van der Waals surface area contributed by atoms with Crippen molar-refractivity contribution in [3.8, 4) is 0 Å². The highest BCUT2D eigenvalue weighted by Gasteiger charge is 2.59. The van der Waals surface area contributed by atoms with Crippen molar-refractivity contribution in [2.75, 3.05) is 0 Å². The standard InChI is InChI=1S/C13H17F3N2O2/c1-7(19)17-12-4-8-2-9(5-12)18(10(3-8)6-12)11(20)13(14,15)16/h8-10H,2-6H2,1H3,(H,17,19). The monoisotopic (exact) mass is 290 g/mol. The van der Waals surface area contributed by atoms with Crippen molar-refractivity contribution in [1.29, 1.82) is 0 Å². The van der Waals surface area contributed by atoms with E-state index in [2.05, 4.69) is 5.32 Å². The van der Waals surface area contributed by atoms with Crippen LogP contribution in [0.2, 0.25) is 0 Å². The molecule has 0 spiro atoms. The Kier molecular flexibility index (Phi) is 2.82. The molecule has 0 radical (unpaired) electrons. The van der Waals surface area contributed by atoms with Gasteiger partial charge in [0.25, 0.3) is 0 Å². The first-order valence-electron chi connectivity index (χ1n) is 6.88. The third-order valence-corrected chi connectivity index (χ3v) is 4.85. The summed E-state index contributed by atoms with van der Waals surface area (Å²) in [6.07, 6.45) is -1.84. The van der Waals surface area contributed by atoms with Crippen molar-refractivity contribution in [2.24, 2.45) is 5.92 Å². The highest BCUT2D eigenvalue weighted by atomic mass is 19.4.